The maximum absolute atomic E-state index is 12.5. The number of aromatic nitrogens is 2. The summed E-state index contributed by atoms with van der Waals surface area (Å²) < 4.78 is 5.84. The van der Waals surface area contributed by atoms with Crippen LogP contribution in [0.1, 0.15) is 31.2 Å². The molecular weight excluding hydrogens is 430 g/mol. The van der Waals surface area contributed by atoms with Crippen LogP contribution >= 0.6 is 0 Å². The zero-order valence-corrected chi connectivity index (χ0v) is 19.3. The lowest BCUT2D eigenvalue weighted by Gasteiger charge is -2.25. The second-order valence-corrected chi connectivity index (χ2v) is 8.51. The van der Waals surface area contributed by atoms with E-state index < -0.39 is 0 Å². The monoisotopic (exact) mass is 461 g/mol. The number of nitrogens with two attached hydrogens (primary N) is 1. The van der Waals surface area contributed by atoms with Crippen molar-refractivity contribution in [3.05, 3.63) is 70.5 Å². The second-order valence-electron chi connectivity index (χ2n) is 8.51. The number of hydrogen-bond acceptors (Lipinski definition) is 6. The molecule has 0 radical (unpaired) electrons. The van der Waals surface area contributed by atoms with Crippen LogP contribution in [-0.2, 0) is 11.2 Å². The average molecular weight is 462 g/mol. The lowest BCUT2D eigenvalue weighted by atomic mass is 10.0. The fourth-order valence-electron chi connectivity index (χ4n) is 4.18. The fraction of sp³-hybridized carbons (Fsp3) is 0.346. The summed E-state index contributed by atoms with van der Waals surface area (Å²) in [6.45, 7) is 2.86. The van der Waals surface area contributed by atoms with E-state index in [4.69, 9.17) is 10.5 Å². The number of nitrogens with one attached hydrogen (secondary N) is 2. The van der Waals surface area contributed by atoms with Gasteiger partial charge in [0.15, 0.2) is 0 Å². The highest BCUT2D eigenvalue weighted by Crippen LogP contribution is 2.21. The zero-order chi connectivity index (χ0) is 23.8. The number of carbonyl (C=O) groups is 1. The van der Waals surface area contributed by atoms with Crippen LogP contribution in [0.15, 0.2) is 59.4 Å². The molecule has 1 aromatic heterocycles. The molecule has 0 spiro atoms. The number of nitrogens with zero attached hydrogens (tertiary/aromatic N) is 2. The van der Waals surface area contributed by atoms with Gasteiger partial charge in [-0.25, -0.2) is 4.98 Å². The van der Waals surface area contributed by atoms with Crippen molar-refractivity contribution < 1.29 is 9.53 Å². The molecule has 8 nitrogen and oxygen atoms in total. The first-order valence-corrected chi connectivity index (χ1v) is 11.8. The van der Waals surface area contributed by atoms with Gasteiger partial charge in [-0.1, -0.05) is 36.8 Å². The van der Waals surface area contributed by atoms with E-state index in [2.05, 4.69) is 20.2 Å². The summed E-state index contributed by atoms with van der Waals surface area (Å²) in [5.41, 5.74) is 8.34. The lowest BCUT2D eigenvalue weighted by Crippen LogP contribution is -2.36. The van der Waals surface area contributed by atoms with Crippen LogP contribution in [0, 0.1) is 0 Å². The fourth-order valence-corrected chi connectivity index (χ4v) is 4.18. The van der Waals surface area contributed by atoms with Crippen molar-refractivity contribution in [3.8, 4) is 17.0 Å². The molecule has 0 unspecified atom stereocenters. The first-order chi connectivity index (χ1) is 16.6. The van der Waals surface area contributed by atoms with Crippen molar-refractivity contribution in [2.45, 2.75) is 32.1 Å². The minimum atomic E-state index is -0.226. The lowest BCUT2D eigenvalue weighted by molar-refractivity contribution is -0.117. The van der Waals surface area contributed by atoms with E-state index in [0.29, 0.717) is 43.0 Å². The highest BCUT2D eigenvalue weighted by Gasteiger charge is 2.14. The number of likely N-dealkylation sites (tertiary alicyclic amines) is 1. The van der Waals surface area contributed by atoms with Crippen molar-refractivity contribution in [2.24, 2.45) is 0 Å². The number of benzene rings is 2. The molecule has 4 rings (SSSR count). The van der Waals surface area contributed by atoms with Crippen LogP contribution in [-0.4, -0.2) is 47.0 Å². The van der Waals surface area contributed by atoms with Crippen LogP contribution in [0.4, 0.5) is 11.6 Å². The third-order valence-electron chi connectivity index (χ3n) is 5.87. The average Bonchev–Trinajstić information content (AvgIpc) is 2.84. The molecule has 178 valence electrons. The Balaban J connectivity index is 1.27. The highest BCUT2D eigenvalue weighted by atomic mass is 16.5. The van der Waals surface area contributed by atoms with Gasteiger partial charge in [0.2, 0.25) is 11.9 Å². The Morgan fingerprint density at radius 3 is 2.53 bits per heavy atom. The van der Waals surface area contributed by atoms with E-state index in [1.54, 1.807) is 0 Å². The predicted octanol–water partition coefficient (Wildman–Crippen LogP) is 3.46. The van der Waals surface area contributed by atoms with Gasteiger partial charge in [0.25, 0.3) is 5.56 Å². The topological polar surface area (TPSA) is 113 Å². The molecule has 4 N–H and O–H groups in total. The Morgan fingerprint density at radius 1 is 1.06 bits per heavy atom. The second kappa shape index (κ2) is 11.5. The number of aromatic amines is 1. The third kappa shape index (κ3) is 6.45. The minimum absolute atomic E-state index is 0.00659. The number of piperidine rings is 1. The number of nitrogen functional groups attached to an aromatic ring is 1. The SMILES string of the molecule is Nc1nc(-c2ccccc2)c(CCCOc2ccc(NC(=O)CN3CCCCC3)cc2)c(=O)[nH]1. The number of H-pyrrole nitrogens is 1. The minimum Gasteiger partial charge on any atom is -0.494 e. The van der Waals surface area contributed by atoms with Gasteiger partial charge >= 0.3 is 0 Å². The Labute approximate surface area is 199 Å². The summed E-state index contributed by atoms with van der Waals surface area (Å²) in [5.74, 6) is 0.820. The molecule has 1 fully saturated rings. The number of anilines is 2. The number of hydrogen-bond donors (Lipinski definition) is 3. The van der Waals surface area contributed by atoms with Crippen LogP contribution < -0.4 is 21.3 Å². The molecule has 1 aliphatic heterocycles. The van der Waals surface area contributed by atoms with Crippen molar-refractivity contribution in [2.75, 3.05) is 37.3 Å². The Kier molecular flexibility index (Phi) is 7.93. The number of amides is 1. The van der Waals surface area contributed by atoms with E-state index in [9.17, 15) is 9.59 Å². The predicted molar refractivity (Wildman–Crippen MR) is 134 cm³/mol. The largest absolute Gasteiger partial charge is 0.494 e. The van der Waals surface area contributed by atoms with E-state index in [0.717, 1.165) is 37.2 Å². The Morgan fingerprint density at radius 2 is 1.79 bits per heavy atom. The summed E-state index contributed by atoms with van der Waals surface area (Å²) in [6, 6.07) is 16.9. The first-order valence-electron chi connectivity index (χ1n) is 11.8. The Hall–Kier alpha value is -3.65. The summed E-state index contributed by atoms with van der Waals surface area (Å²) in [4.78, 5) is 33.9. The highest BCUT2D eigenvalue weighted by molar-refractivity contribution is 5.92. The third-order valence-corrected chi connectivity index (χ3v) is 5.87. The van der Waals surface area contributed by atoms with Crippen molar-refractivity contribution in [1.82, 2.24) is 14.9 Å². The van der Waals surface area contributed by atoms with E-state index in [1.165, 1.54) is 6.42 Å². The van der Waals surface area contributed by atoms with Gasteiger partial charge in [-0.2, -0.15) is 0 Å². The summed E-state index contributed by atoms with van der Waals surface area (Å²) in [7, 11) is 0. The van der Waals surface area contributed by atoms with Gasteiger partial charge in [-0.15, -0.1) is 0 Å². The molecule has 1 amide bonds. The number of ether oxygens (including phenoxy) is 1. The van der Waals surface area contributed by atoms with Crippen LogP contribution in [0.3, 0.4) is 0 Å². The first kappa shape index (κ1) is 23.5. The molecule has 1 aliphatic rings. The smallest absolute Gasteiger partial charge is 0.256 e. The standard InChI is InChI=1S/C26H31N5O3/c27-26-29-24(19-8-3-1-4-9-19)22(25(33)30-26)10-7-17-34-21-13-11-20(12-14-21)28-23(32)18-31-15-5-2-6-16-31/h1,3-4,8-9,11-14H,2,5-7,10,15-18H2,(H,28,32)(H3,27,29,30,33). The maximum Gasteiger partial charge on any atom is 0.256 e. The molecule has 0 bridgehead atoms. The van der Waals surface area contributed by atoms with Gasteiger partial charge in [0, 0.05) is 16.8 Å². The molecular formula is C26H31N5O3. The van der Waals surface area contributed by atoms with Gasteiger partial charge in [-0.3, -0.25) is 19.5 Å². The van der Waals surface area contributed by atoms with Gasteiger partial charge in [-0.05, 0) is 63.0 Å². The number of rotatable bonds is 9. The molecule has 0 saturated carbocycles. The van der Waals surface area contributed by atoms with Crippen molar-refractivity contribution in [1.29, 1.82) is 0 Å². The molecule has 34 heavy (non-hydrogen) atoms. The molecule has 2 aromatic carbocycles. The zero-order valence-electron chi connectivity index (χ0n) is 19.3. The summed E-state index contributed by atoms with van der Waals surface area (Å²) in [5, 5.41) is 2.95. The van der Waals surface area contributed by atoms with Crippen molar-refractivity contribution in [3.63, 3.8) is 0 Å². The Bertz CT molecular complexity index is 1140. The van der Waals surface area contributed by atoms with Crippen LogP contribution in [0.5, 0.6) is 5.75 Å². The van der Waals surface area contributed by atoms with E-state index >= 15 is 0 Å². The van der Waals surface area contributed by atoms with Crippen LogP contribution in [0.2, 0.25) is 0 Å². The quantitative estimate of drug-likeness (QED) is 0.421. The molecule has 0 aliphatic carbocycles. The molecule has 3 aromatic rings. The van der Waals surface area contributed by atoms with E-state index in [-0.39, 0.29) is 17.4 Å². The molecule has 2 heterocycles. The van der Waals surface area contributed by atoms with Gasteiger partial charge in [0.05, 0.1) is 18.8 Å². The molecule has 1 saturated heterocycles. The summed E-state index contributed by atoms with van der Waals surface area (Å²) in [6.07, 6.45) is 4.73. The van der Waals surface area contributed by atoms with E-state index in [1.807, 2.05) is 54.6 Å². The van der Waals surface area contributed by atoms with Crippen molar-refractivity contribution >= 4 is 17.5 Å². The maximum atomic E-state index is 12.5. The molecule has 8 heteroatoms. The molecule has 0 atom stereocenters. The van der Waals surface area contributed by atoms with Crippen LogP contribution in [0.25, 0.3) is 11.3 Å². The summed E-state index contributed by atoms with van der Waals surface area (Å²) >= 11 is 0. The normalized spacial score (nSPS) is 14.0. The number of carbonyl (C=O) groups excluding carboxylic acids is 1. The van der Waals surface area contributed by atoms with Gasteiger partial charge in [0.1, 0.15) is 5.75 Å². The van der Waals surface area contributed by atoms with Gasteiger partial charge < -0.3 is 15.8 Å².